The first-order valence-electron chi connectivity index (χ1n) is 3.06. The lowest BCUT2D eigenvalue weighted by molar-refractivity contribution is -0.134. The van der Waals surface area contributed by atoms with Gasteiger partial charge in [0, 0.05) is 0 Å². The van der Waals surface area contributed by atoms with Crippen LogP contribution in [-0.2, 0) is 12.6 Å². The molecule has 0 saturated carbocycles. The van der Waals surface area contributed by atoms with Gasteiger partial charge in [0.15, 0.2) is 0 Å². The number of thiophene rings is 1. The van der Waals surface area contributed by atoms with E-state index in [1.54, 1.807) is 6.07 Å². The molecule has 0 aromatic carbocycles. The van der Waals surface area contributed by atoms with Crippen LogP contribution >= 0.6 is 11.3 Å². The van der Waals surface area contributed by atoms with Crippen molar-refractivity contribution in [3.05, 3.63) is 21.9 Å². The minimum atomic E-state index is -4.32. The lowest BCUT2D eigenvalue weighted by atomic mass is 10.2. The summed E-state index contributed by atoms with van der Waals surface area (Å²) in [6.07, 6.45) is -4.50. The van der Waals surface area contributed by atoms with Crippen molar-refractivity contribution in [2.75, 3.05) is 0 Å². The molecule has 1 aromatic heterocycles. The van der Waals surface area contributed by atoms with Crippen molar-refractivity contribution >= 4 is 11.3 Å². The molecule has 0 N–H and O–H groups in total. The second-order valence-corrected chi connectivity index (χ2v) is 3.02. The highest BCUT2D eigenvalue weighted by atomic mass is 32.1. The minimum Gasteiger partial charge on any atom is -0.198 e. The van der Waals surface area contributed by atoms with Crippen molar-refractivity contribution in [3.63, 3.8) is 0 Å². The number of nitrogens with zero attached hydrogens (tertiary/aromatic N) is 1. The summed E-state index contributed by atoms with van der Waals surface area (Å²) in [5.74, 6) is 0. The third-order valence-corrected chi connectivity index (χ3v) is 2.28. The molecule has 1 aromatic rings. The highest BCUT2D eigenvalue weighted by molar-refractivity contribution is 7.10. The Hall–Kier alpha value is -1.02. The van der Waals surface area contributed by atoms with Crippen LogP contribution in [0.2, 0.25) is 0 Å². The quantitative estimate of drug-likeness (QED) is 0.669. The van der Waals surface area contributed by atoms with E-state index in [1.165, 1.54) is 11.4 Å². The molecule has 1 nitrogen and oxygen atoms in total. The molecule has 0 aliphatic rings. The molecule has 0 spiro atoms. The van der Waals surface area contributed by atoms with E-state index in [2.05, 4.69) is 0 Å². The minimum absolute atomic E-state index is 0.0648. The third-order valence-electron chi connectivity index (χ3n) is 1.27. The fraction of sp³-hybridized carbons (Fsp3) is 0.286. The molecule has 0 atom stereocenters. The van der Waals surface area contributed by atoms with Crippen LogP contribution in [0, 0.1) is 11.3 Å². The number of nitriles is 1. The van der Waals surface area contributed by atoms with Crippen molar-refractivity contribution in [1.29, 1.82) is 5.26 Å². The smallest absolute Gasteiger partial charge is 0.198 e. The second kappa shape index (κ2) is 3.15. The summed E-state index contributed by atoms with van der Waals surface area (Å²) in [4.78, 5) is -0.663. The molecule has 0 unspecified atom stereocenters. The fourth-order valence-corrected chi connectivity index (χ4v) is 1.60. The number of alkyl halides is 3. The molecule has 0 amide bonds. The summed E-state index contributed by atoms with van der Waals surface area (Å²) in [7, 11) is 0. The molecule has 1 rings (SSSR count). The standard InChI is InChI=1S/C7H4F3NS/c8-7(9,10)6-5(1-3-11)2-4-12-6/h2,4H,1H2. The average molecular weight is 191 g/mol. The summed E-state index contributed by atoms with van der Waals surface area (Å²) < 4.78 is 36.3. The zero-order valence-electron chi connectivity index (χ0n) is 5.85. The maximum absolute atomic E-state index is 12.1. The number of hydrogen-bond acceptors (Lipinski definition) is 2. The normalized spacial score (nSPS) is 11.2. The first kappa shape index (κ1) is 9.07. The van der Waals surface area contributed by atoms with E-state index in [-0.39, 0.29) is 12.0 Å². The molecular weight excluding hydrogens is 187 g/mol. The molecule has 12 heavy (non-hydrogen) atoms. The van der Waals surface area contributed by atoms with E-state index in [0.717, 1.165) is 0 Å². The Morgan fingerprint density at radius 1 is 1.50 bits per heavy atom. The van der Waals surface area contributed by atoms with Crippen LogP contribution in [0.15, 0.2) is 11.4 Å². The highest BCUT2D eigenvalue weighted by Gasteiger charge is 2.34. The van der Waals surface area contributed by atoms with Crippen LogP contribution < -0.4 is 0 Å². The Morgan fingerprint density at radius 2 is 2.17 bits per heavy atom. The van der Waals surface area contributed by atoms with E-state index in [9.17, 15) is 13.2 Å². The van der Waals surface area contributed by atoms with Crippen LogP contribution in [0.3, 0.4) is 0 Å². The zero-order chi connectivity index (χ0) is 9.19. The Bertz CT molecular complexity index is 307. The van der Waals surface area contributed by atoms with Crippen LogP contribution in [0.5, 0.6) is 0 Å². The van der Waals surface area contributed by atoms with Gasteiger partial charge in [-0.1, -0.05) is 0 Å². The molecule has 0 aliphatic heterocycles. The first-order valence-corrected chi connectivity index (χ1v) is 3.94. The van der Waals surface area contributed by atoms with Gasteiger partial charge in [-0.15, -0.1) is 11.3 Å². The van der Waals surface area contributed by atoms with Crippen molar-refractivity contribution in [2.45, 2.75) is 12.6 Å². The topological polar surface area (TPSA) is 23.8 Å². The summed E-state index contributed by atoms with van der Waals surface area (Å²) in [6.45, 7) is 0. The number of hydrogen-bond donors (Lipinski definition) is 0. The molecule has 1 heterocycles. The van der Waals surface area contributed by atoms with E-state index in [1.807, 2.05) is 0 Å². The van der Waals surface area contributed by atoms with E-state index < -0.39 is 11.1 Å². The van der Waals surface area contributed by atoms with Gasteiger partial charge in [0.2, 0.25) is 0 Å². The van der Waals surface area contributed by atoms with Crippen LogP contribution in [0.1, 0.15) is 10.4 Å². The van der Waals surface area contributed by atoms with E-state index in [4.69, 9.17) is 5.26 Å². The van der Waals surface area contributed by atoms with Crippen LogP contribution in [0.4, 0.5) is 13.2 Å². The molecule has 0 radical (unpaired) electrons. The van der Waals surface area contributed by atoms with Gasteiger partial charge in [-0.2, -0.15) is 18.4 Å². The molecule has 64 valence electrons. The predicted octanol–water partition coefficient (Wildman–Crippen LogP) is 2.83. The van der Waals surface area contributed by atoms with Gasteiger partial charge in [0.25, 0.3) is 0 Å². The van der Waals surface area contributed by atoms with Crippen molar-refractivity contribution < 1.29 is 13.2 Å². The van der Waals surface area contributed by atoms with Crippen molar-refractivity contribution in [1.82, 2.24) is 0 Å². The summed E-state index contributed by atoms with van der Waals surface area (Å²) in [5.41, 5.74) is 0.0648. The first-order chi connectivity index (χ1) is 5.55. The second-order valence-electron chi connectivity index (χ2n) is 2.11. The molecule has 0 saturated heterocycles. The number of halogens is 3. The monoisotopic (exact) mass is 191 g/mol. The van der Waals surface area contributed by atoms with Gasteiger partial charge in [-0.25, -0.2) is 0 Å². The zero-order valence-corrected chi connectivity index (χ0v) is 6.67. The van der Waals surface area contributed by atoms with Gasteiger partial charge in [-0.3, -0.25) is 0 Å². The predicted molar refractivity (Wildman–Crippen MR) is 38.6 cm³/mol. The van der Waals surface area contributed by atoms with Crippen LogP contribution in [0.25, 0.3) is 0 Å². The van der Waals surface area contributed by atoms with Gasteiger partial charge in [-0.05, 0) is 17.0 Å². The summed E-state index contributed by atoms with van der Waals surface area (Å²) in [5, 5.41) is 9.56. The lowest BCUT2D eigenvalue weighted by Gasteiger charge is -2.04. The Morgan fingerprint density at radius 3 is 2.67 bits per heavy atom. The summed E-state index contributed by atoms with van der Waals surface area (Å²) in [6, 6.07) is 3.02. The molecule has 0 bridgehead atoms. The van der Waals surface area contributed by atoms with Crippen molar-refractivity contribution in [3.8, 4) is 6.07 Å². The highest BCUT2D eigenvalue weighted by Crippen LogP contribution is 2.35. The third kappa shape index (κ3) is 1.77. The van der Waals surface area contributed by atoms with Gasteiger partial charge in [0.1, 0.15) is 4.88 Å². The largest absolute Gasteiger partial charge is 0.425 e. The average Bonchev–Trinajstić information content (AvgIpc) is 2.34. The SMILES string of the molecule is N#CCc1ccsc1C(F)(F)F. The molecule has 0 fully saturated rings. The van der Waals surface area contributed by atoms with Gasteiger partial charge in [0.05, 0.1) is 12.5 Å². The lowest BCUT2D eigenvalue weighted by Crippen LogP contribution is -2.04. The Kier molecular flexibility index (Phi) is 2.38. The molecular formula is C7H4F3NS. The molecule has 0 aliphatic carbocycles. The van der Waals surface area contributed by atoms with Crippen molar-refractivity contribution in [2.24, 2.45) is 0 Å². The van der Waals surface area contributed by atoms with E-state index >= 15 is 0 Å². The maximum atomic E-state index is 12.1. The number of rotatable bonds is 1. The summed E-state index contributed by atoms with van der Waals surface area (Å²) >= 11 is 0.620. The van der Waals surface area contributed by atoms with Gasteiger partial charge < -0.3 is 0 Å². The Balaban J connectivity index is 3.01. The van der Waals surface area contributed by atoms with E-state index in [0.29, 0.717) is 11.3 Å². The van der Waals surface area contributed by atoms with Crippen LogP contribution in [-0.4, -0.2) is 0 Å². The Labute approximate surface area is 71.1 Å². The van der Waals surface area contributed by atoms with Gasteiger partial charge >= 0.3 is 6.18 Å². The molecule has 5 heteroatoms. The maximum Gasteiger partial charge on any atom is 0.425 e. The fourth-order valence-electron chi connectivity index (χ4n) is 0.809.